The lowest BCUT2D eigenvalue weighted by atomic mass is 10.1. The van der Waals surface area contributed by atoms with E-state index in [-0.39, 0.29) is 0 Å². The summed E-state index contributed by atoms with van der Waals surface area (Å²) in [5.74, 6) is 0. The summed E-state index contributed by atoms with van der Waals surface area (Å²) in [6, 6.07) is 2.40. The van der Waals surface area contributed by atoms with Crippen molar-refractivity contribution in [3.05, 3.63) is 30.4 Å². The van der Waals surface area contributed by atoms with Crippen molar-refractivity contribution in [3.8, 4) is 11.4 Å². The zero-order valence-electron chi connectivity index (χ0n) is 11.5. The molecule has 0 spiro atoms. The molecule has 0 aromatic carbocycles. The summed E-state index contributed by atoms with van der Waals surface area (Å²) in [7, 11) is 2.16. The Kier molecular flexibility index (Phi) is 3.29. The van der Waals surface area contributed by atoms with Crippen LogP contribution in [0, 0.1) is 0 Å². The number of likely N-dealkylation sites (tertiary alicyclic amines) is 1. The van der Waals surface area contributed by atoms with Crippen LogP contribution in [0.2, 0.25) is 0 Å². The highest BCUT2D eigenvalue weighted by Gasteiger charge is 2.24. The van der Waals surface area contributed by atoms with Crippen LogP contribution in [0.5, 0.6) is 0 Å². The summed E-state index contributed by atoms with van der Waals surface area (Å²) in [6.45, 7) is 4.07. The first-order valence-electron chi connectivity index (χ1n) is 6.84. The van der Waals surface area contributed by atoms with Gasteiger partial charge in [0.15, 0.2) is 0 Å². The van der Waals surface area contributed by atoms with Crippen molar-refractivity contribution in [1.82, 2.24) is 24.6 Å². The molecule has 19 heavy (non-hydrogen) atoms. The molecule has 5 nitrogen and oxygen atoms in total. The summed E-state index contributed by atoms with van der Waals surface area (Å²) in [4.78, 5) is 11.5. The first-order valence-corrected chi connectivity index (χ1v) is 6.84. The number of rotatable bonds is 3. The van der Waals surface area contributed by atoms with Crippen molar-refractivity contribution >= 4 is 0 Å². The Morgan fingerprint density at radius 3 is 3.00 bits per heavy atom. The minimum atomic E-state index is 0.408. The molecule has 1 aliphatic rings. The Bertz CT molecular complexity index is 562. The van der Waals surface area contributed by atoms with Crippen LogP contribution in [-0.4, -0.2) is 38.2 Å². The molecule has 0 N–H and O–H groups in total. The third-order valence-electron chi connectivity index (χ3n) is 3.79. The second kappa shape index (κ2) is 5.09. The number of hydrogen-bond donors (Lipinski definition) is 0. The summed E-state index contributed by atoms with van der Waals surface area (Å²) >= 11 is 0. The van der Waals surface area contributed by atoms with Crippen molar-refractivity contribution in [2.75, 3.05) is 13.6 Å². The maximum atomic E-state index is 4.79. The molecular weight excluding hydrogens is 238 g/mol. The average molecular weight is 257 g/mol. The first-order chi connectivity index (χ1) is 9.29. The van der Waals surface area contributed by atoms with E-state index < -0.39 is 0 Å². The van der Waals surface area contributed by atoms with Crippen molar-refractivity contribution in [3.63, 3.8) is 0 Å². The average Bonchev–Trinajstić information content (AvgIpc) is 3.07. The third kappa shape index (κ3) is 2.26. The van der Waals surface area contributed by atoms with Crippen molar-refractivity contribution in [2.24, 2.45) is 0 Å². The largest absolute Gasteiger partial charge is 0.298 e. The van der Waals surface area contributed by atoms with Gasteiger partial charge in [-0.1, -0.05) is 0 Å². The van der Waals surface area contributed by atoms with E-state index >= 15 is 0 Å². The number of aryl methyl sites for hydroxylation is 1. The molecule has 2 aromatic heterocycles. The quantitative estimate of drug-likeness (QED) is 0.845. The lowest BCUT2D eigenvalue weighted by molar-refractivity contribution is 0.311. The minimum absolute atomic E-state index is 0.408. The summed E-state index contributed by atoms with van der Waals surface area (Å²) in [5.41, 5.74) is 3.02. The SMILES string of the molecule is CCn1nccc1-c1cncc([C@@H]2CCCN2C)n1. The van der Waals surface area contributed by atoms with Gasteiger partial charge in [0.2, 0.25) is 0 Å². The van der Waals surface area contributed by atoms with Gasteiger partial charge >= 0.3 is 0 Å². The Hall–Kier alpha value is -1.75. The molecule has 0 amide bonds. The van der Waals surface area contributed by atoms with Crippen LogP contribution in [-0.2, 0) is 6.54 Å². The summed E-state index contributed by atoms with van der Waals surface area (Å²) in [5, 5.41) is 4.29. The van der Waals surface area contributed by atoms with Crippen molar-refractivity contribution in [1.29, 1.82) is 0 Å². The van der Waals surface area contributed by atoms with Crippen molar-refractivity contribution < 1.29 is 0 Å². The van der Waals surface area contributed by atoms with E-state index in [1.165, 1.54) is 12.8 Å². The predicted octanol–water partition coefficient (Wildman–Crippen LogP) is 2.13. The highest BCUT2D eigenvalue weighted by Crippen LogP contribution is 2.29. The first kappa shape index (κ1) is 12.3. The monoisotopic (exact) mass is 257 g/mol. The molecular formula is C14H19N5. The van der Waals surface area contributed by atoms with Crippen LogP contribution in [0.4, 0.5) is 0 Å². The van der Waals surface area contributed by atoms with Crippen LogP contribution in [0.25, 0.3) is 11.4 Å². The highest BCUT2D eigenvalue weighted by atomic mass is 15.3. The van der Waals surface area contributed by atoms with E-state index in [1.54, 1.807) is 0 Å². The van der Waals surface area contributed by atoms with Gasteiger partial charge in [-0.25, -0.2) is 4.98 Å². The van der Waals surface area contributed by atoms with Gasteiger partial charge in [0.25, 0.3) is 0 Å². The molecule has 0 saturated carbocycles. The van der Waals surface area contributed by atoms with Gasteiger partial charge in [-0.3, -0.25) is 14.6 Å². The van der Waals surface area contributed by atoms with E-state index in [9.17, 15) is 0 Å². The topological polar surface area (TPSA) is 46.8 Å². The zero-order valence-corrected chi connectivity index (χ0v) is 11.5. The van der Waals surface area contributed by atoms with E-state index in [0.717, 1.165) is 30.2 Å². The maximum Gasteiger partial charge on any atom is 0.107 e. The van der Waals surface area contributed by atoms with Crippen LogP contribution in [0.3, 0.4) is 0 Å². The van der Waals surface area contributed by atoms with Gasteiger partial charge in [0, 0.05) is 12.7 Å². The molecule has 1 atom stereocenters. The van der Waals surface area contributed by atoms with Crippen LogP contribution >= 0.6 is 0 Å². The summed E-state index contributed by atoms with van der Waals surface area (Å²) in [6.07, 6.45) is 7.93. The van der Waals surface area contributed by atoms with Crippen molar-refractivity contribution in [2.45, 2.75) is 32.4 Å². The number of hydrogen-bond acceptors (Lipinski definition) is 4. The molecule has 3 rings (SSSR count). The molecule has 3 heterocycles. The van der Waals surface area contributed by atoms with Gasteiger partial charge < -0.3 is 0 Å². The van der Waals surface area contributed by atoms with E-state index in [0.29, 0.717) is 6.04 Å². The zero-order chi connectivity index (χ0) is 13.2. The third-order valence-corrected chi connectivity index (χ3v) is 3.79. The van der Waals surface area contributed by atoms with Gasteiger partial charge in [-0.2, -0.15) is 5.10 Å². The number of nitrogens with zero attached hydrogens (tertiary/aromatic N) is 5. The van der Waals surface area contributed by atoms with Gasteiger partial charge in [-0.05, 0) is 39.4 Å². The van der Waals surface area contributed by atoms with Crippen LogP contribution in [0.1, 0.15) is 31.5 Å². The molecule has 5 heteroatoms. The van der Waals surface area contributed by atoms with Crippen LogP contribution in [0.15, 0.2) is 24.7 Å². The fourth-order valence-electron chi connectivity index (χ4n) is 2.75. The highest BCUT2D eigenvalue weighted by molar-refractivity contribution is 5.52. The standard InChI is InChI=1S/C14H19N5/c1-3-19-14(6-7-16-19)12-10-15-9-11(17-12)13-5-4-8-18(13)2/h6-7,9-10,13H,3-5,8H2,1-2H3/t13-/m0/s1. The molecule has 2 aromatic rings. The van der Waals surface area contributed by atoms with Gasteiger partial charge in [0.1, 0.15) is 5.69 Å². The summed E-state index contributed by atoms with van der Waals surface area (Å²) < 4.78 is 1.95. The Labute approximate surface area is 113 Å². The van der Waals surface area contributed by atoms with Gasteiger partial charge in [0.05, 0.1) is 29.8 Å². The fourth-order valence-corrected chi connectivity index (χ4v) is 2.75. The Morgan fingerprint density at radius 2 is 2.26 bits per heavy atom. The molecule has 1 saturated heterocycles. The Morgan fingerprint density at radius 1 is 1.37 bits per heavy atom. The number of aromatic nitrogens is 4. The van der Waals surface area contributed by atoms with Gasteiger partial charge in [-0.15, -0.1) is 0 Å². The second-order valence-corrected chi connectivity index (χ2v) is 5.00. The minimum Gasteiger partial charge on any atom is -0.298 e. The molecule has 0 bridgehead atoms. The molecule has 0 unspecified atom stereocenters. The molecule has 0 aliphatic carbocycles. The second-order valence-electron chi connectivity index (χ2n) is 5.00. The van der Waals surface area contributed by atoms with E-state index in [2.05, 4.69) is 29.0 Å². The van der Waals surface area contributed by atoms with E-state index in [1.807, 2.05) is 29.3 Å². The predicted molar refractivity (Wildman–Crippen MR) is 73.5 cm³/mol. The lowest BCUT2D eigenvalue weighted by Crippen LogP contribution is -2.19. The van der Waals surface area contributed by atoms with E-state index in [4.69, 9.17) is 4.98 Å². The molecule has 1 fully saturated rings. The molecule has 0 radical (unpaired) electrons. The fraction of sp³-hybridized carbons (Fsp3) is 0.500. The van der Waals surface area contributed by atoms with Crippen LogP contribution < -0.4 is 0 Å². The molecule has 100 valence electrons. The maximum absolute atomic E-state index is 4.79. The molecule has 1 aliphatic heterocycles. The normalized spacial score (nSPS) is 20.0. The Balaban J connectivity index is 1.96. The lowest BCUT2D eigenvalue weighted by Gasteiger charge is -2.18. The smallest absolute Gasteiger partial charge is 0.107 e.